The van der Waals surface area contributed by atoms with E-state index in [0.717, 1.165) is 25.8 Å². The average Bonchev–Trinajstić information content (AvgIpc) is 2.40. The minimum Gasteiger partial charge on any atom is -0.314 e. The Bertz CT molecular complexity index is 386. The molecule has 0 aromatic carbocycles. The van der Waals surface area contributed by atoms with E-state index in [1.165, 1.54) is 10.5 Å². The Hall–Kier alpha value is -1.14. The van der Waals surface area contributed by atoms with Crippen molar-refractivity contribution in [2.24, 2.45) is 0 Å². The van der Waals surface area contributed by atoms with E-state index in [0.29, 0.717) is 19.1 Å². The van der Waals surface area contributed by atoms with Gasteiger partial charge in [-0.25, -0.2) is 0 Å². The van der Waals surface area contributed by atoms with Crippen LogP contribution in [0.2, 0.25) is 0 Å². The van der Waals surface area contributed by atoms with Crippen molar-refractivity contribution >= 4 is 0 Å². The van der Waals surface area contributed by atoms with Crippen LogP contribution in [0.4, 0.5) is 13.2 Å². The molecule has 2 heterocycles. The van der Waals surface area contributed by atoms with Gasteiger partial charge in [0.05, 0.1) is 6.54 Å². The molecule has 0 spiro atoms. The highest BCUT2D eigenvalue weighted by atomic mass is 19.4. The van der Waals surface area contributed by atoms with Gasteiger partial charge in [0.25, 0.3) is 0 Å². The maximum absolute atomic E-state index is 12.3. The lowest BCUT2D eigenvalue weighted by atomic mass is 10.0. The number of hydrogen-bond donors (Lipinski definition) is 1. The van der Waals surface area contributed by atoms with Gasteiger partial charge < -0.3 is 5.32 Å². The molecule has 112 valence electrons. The van der Waals surface area contributed by atoms with Gasteiger partial charge in [0, 0.05) is 18.4 Å². The molecular formula is C14H20F3N3. The summed E-state index contributed by atoms with van der Waals surface area (Å²) in [4.78, 5) is 5.45. The van der Waals surface area contributed by atoms with Gasteiger partial charge in [-0.2, -0.15) is 13.2 Å². The molecule has 0 unspecified atom stereocenters. The molecule has 0 radical (unpaired) electrons. The van der Waals surface area contributed by atoms with E-state index in [1.807, 2.05) is 12.1 Å². The third-order valence-electron chi connectivity index (χ3n) is 3.59. The summed E-state index contributed by atoms with van der Waals surface area (Å²) in [6, 6.07) is 4.29. The molecule has 0 bridgehead atoms. The van der Waals surface area contributed by atoms with Crippen molar-refractivity contribution in [2.45, 2.75) is 31.5 Å². The molecular weight excluding hydrogens is 267 g/mol. The molecule has 1 aliphatic heterocycles. The average molecular weight is 287 g/mol. The Morgan fingerprint density at radius 1 is 1.20 bits per heavy atom. The minimum absolute atomic E-state index is 0.335. The number of alkyl halides is 3. The van der Waals surface area contributed by atoms with Crippen LogP contribution in [0.25, 0.3) is 0 Å². The third kappa shape index (κ3) is 5.46. The van der Waals surface area contributed by atoms with E-state index >= 15 is 0 Å². The van der Waals surface area contributed by atoms with Crippen molar-refractivity contribution in [1.29, 1.82) is 0 Å². The van der Waals surface area contributed by atoms with Crippen LogP contribution in [-0.4, -0.2) is 48.3 Å². The first-order chi connectivity index (χ1) is 9.53. The number of aromatic nitrogens is 1. The summed E-state index contributed by atoms with van der Waals surface area (Å²) in [5, 5.41) is 3.43. The first kappa shape index (κ1) is 15.3. The first-order valence-corrected chi connectivity index (χ1v) is 6.94. The lowest BCUT2D eigenvalue weighted by Gasteiger charge is -2.32. The zero-order chi connectivity index (χ0) is 14.4. The molecule has 0 aliphatic carbocycles. The van der Waals surface area contributed by atoms with Crippen molar-refractivity contribution in [3.63, 3.8) is 0 Å². The van der Waals surface area contributed by atoms with E-state index in [4.69, 9.17) is 0 Å². The Kier molecular flexibility index (Phi) is 5.37. The summed E-state index contributed by atoms with van der Waals surface area (Å²) in [6.45, 7) is 1.11. The molecule has 20 heavy (non-hydrogen) atoms. The molecule has 1 saturated heterocycles. The smallest absolute Gasteiger partial charge is 0.314 e. The van der Waals surface area contributed by atoms with Crippen molar-refractivity contribution in [3.05, 3.63) is 30.1 Å². The van der Waals surface area contributed by atoms with E-state index in [1.54, 1.807) is 12.4 Å². The first-order valence-electron chi connectivity index (χ1n) is 6.94. The number of nitrogens with one attached hydrogen (secondary N) is 1. The summed E-state index contributed by atoms with van der Waals surface area (Å²) in [5.74, 6) is 0. The number of piperidine rings is 1. The van der Waals surface area contributed by atoms with Gasteiger partial charge >= 0.3 is 6.18 Å². The third-order valence-corrected chi connectivity index (χ3v) is 3.59. The van der Waals surface area contributed by atoms with Crippen molar-refractivity contribution in [3.8, 4) is 0 Å². The maximum Gasteiger partial charge on any atom is 0.401 e. The Morgan fingerprint density at radius 3 is 2.45 bits per heavy atom. The lowest BCUT2D eigenvalue weighted by molar-refractivity contribution is -0.148. The summed E-state index contributed by atoms with van der Waals surface area (Å²) in [5.41, 5.74) is 1.22. The fourth-order valence-electron chi connectivity index (χ4n) is 2.52. The Labute approximate surface area is 117 Å². The molecule has 0 saturated carbocycles. The summed E-state index contributed by atoms with van der Waals surface area (Å²) < 4.78 is 36.8. The second kappa shape index (κ2) is 7.04. The molecule has 0 atom stereocenters. The number of nitrogens with zero attached hydrogens (tertiary/aromatic N) is 2. The maximum atomic E-state index is 12.3. The second-order valence-electron chi connectivity index (χ2n) is 5.23. The zero-order valence-corrected chi connectivity index (χ0v) is 11.4. The van der Waals surface area contributed by atoms with Gasteiger partial charge in [-0.1, -0.05) is 0 Å². The Morgan fingerprint density at radius 2 is 1.85 bits per heavy atom. The van der Waals surface area contributed by atoms with Crippen LogP contribution in [-0.2, 0) is 6.42 Å². The topological polar surface area (TPSA) is 28.2 Å². The fraction of sp³-hybridized carbons (Fsp3) is 0.643. The van der Waals surface area contributed by atoms with Gasteiger partial charge in [-0.15, -0.1) is 0 Å². The molecule has 1 fully saturated rings. The summed E-state index contributed by atoms with van der Waals surface area (Å²) >= 11 is 0. The van der Waals surface area contributed by atoms with Crippen LogP contribution in [0.15, 0.2) is 24.5 Å². The van der Waals surface area contributed by atoms with Gasteiger partial charge in [-0.05, 0) is 56.6 Å². The van der Waals surface area contributed by atoms with Gasteiger partial charge in [-0.3, -0.25) is 9.88 Å². The molecule has 1 aromatic rings. The van der Waals surface area contributed by atoms with Crippen LogP contribution >= 0.6 is 0 Å². The SMILES string of the molecule is FC(F)(F)CN1CCC(NCCc2ccncc2)CC1. The second-order valence-corrected chi connectivity index (χ2v) is 5.23. The van der Waals surface area contributed by atoms with Crippen LogP contribution in [0.3, 0.4) is 0 Å². The molecule has 0 amide bonds. The minimum atomic E-state index is -4.08. The highest BCUT2D eigenvalue weighted by Crippen LogP contribution is 2.19. The highest BCUT2D eigenvalue weighted by molar-refractivity contribution is 5.09. The molecule has 1 N–H and O–H groups in total. The van der Waals surface area contributed by atoms with Gasteiger partial charge in [0.2, 0.25) is 0 Å². The largest absolute Gasteiger partial charge is 0.401 e. The van der Waals surface area contributed by atoms with E-state index in [-0.39, 0.29) is 0 Å². The lowest BCUT2D eigenvalue weighted by Crippen LogP contribution is -2.45. The Balaban J connectivity index is 1.62. The summed E-state index contributed by atoms with van der Waals surface area (Å²) in [7, 11) is 0. The molecule has 6 heteroatoms. The van der Waals surface area contributed by atoms with Gasteiger partial charge in [0.15, 0.2) is 0 Å². The van der Waals surface area contributed by atoms with Crippen LogP contribution in [0, 0.1) is 0 Å². The normalized spacial score (nSPS) is 18.4. The molecule has 2 rings (SSSR count). The number of likely N-dealkylation sites (tertiary alicyclic amines) is 1. The standard InChI is InChI=1S/C14H20F3N3/c15-14(16,17)11-20-9-4-13(5-10-20)19-8-3-12-1-6-18-7-2-12/h1-2,6-7,13,19H,3-5,8-11H2. The van der Waals surface area contributed by atoms with E-state index < -0.39 is 12.7 Å². The van der Waals surface area contributed by atoms with Crippen LogP contribution < -0.4 is 5.32 Å². The number of rotatable bonds is 5. The fourth-order valence-corrected chi connectivity index (χ4v) is 2.52. The van der Waals surface area contributed by atoms with Crippen molar-refractivity contribution < 1.29 is 13.2 Å². The van der Waals surface area contributed by atoms with E-state index in [2.05, 4.69) is 10.3 Å². The predicted octanol–water partition coefficient (Wildman–Crippen LogP) is 2.24. The van der Waals surface area contributed by atoms with E-state index in [9.17, 15) is 13.2 Å². The van der Waals surface area contributed by atoms with Crippen LogP contribution in [0.5, 0.6) is 0 Å². The monoisotopic (exact) mass is 287 g/mol. The number of halogens is 3. The molecule has 3 nitrogen and oxygen atoms in total. The zero-order valence-electron chi connectivity index (χ0n) is 11.4. The van der Waals surface area contributed by atoms with Crippen molar-refractivity contribution in [2.75, 3.05) is 26.2 Å². The van der Waals surface area contributed by atoms with Gasteiger partial charge in [0.1, 0.15) is 0 Å². The van der Waals surface area contributed by atoms with Crippen molar-refractivity contribution in [1.82, 2.24) is 15.2 Å². The summed E-state index contributed by atoms with van der Waals surface area (Å²) in [6.07, 6.45) is 1.95. The quantitative estimate of drug-likeness (QED) is 0.900. The number of hydrogen-bond acceptors (Lipinski definition) is 3. The van der Waals surface area contributed by atoms with Crippen LogP contribution in [0.1, 0.15) is 18.4 Å². The predicted molar refractivity (Wildman–Crippen MR) is 71.5 cm³/mol. The highest BCUT2D eigenvalue weighted by Gasteiger charge is 2.32. The molecule has 1 aliphatic rings. The number of pyridine rings is 1. The molecule has 1 aromatic heterocycles.